The van der Waals surface area contributed by atoms with Gasteiger partial charge < -0.3 is 9.64 Å². The number of halogens is 2. The van der Waals surface area contributed by atoms with Crippen LogP contribution in [-0.2, 0) is 13.2 Å². The predicted octanol–water partition coefficient (Wildman–Crippen LogP) is 4.79. The van der Waals surface area contributed by atoms with E-state index in [2.05, 4.69) is 67.9 Å². The molecule has 2 aromatic heterocycles. The van der Waals surface area contributed by atoms with Gasteiger partial charge in [0.15, 0.2) is 5.82 Å². The zero-order valence-electron chi connectivity index (χ0n) is 18.5. The molecule has 0 spiro atoms. The molecule has 1 fully saturated rings. The van der Waals surface area contributed by atoms with Gasteiger partial charge in [-0.05, 0) is 37.3 Å². The molecule has 0 amide bonds. The van der Waals surface area contributed by atoms with Crippen LogP contribution in [0.3, 0.4) is 0 Å². The summed E-state index contributed by atoms with van der Waals surface area (Å²) in [4.78, 5) is 14.1. The van der Waals surface area contributed by atoms with Crippen molar-refractivity contribution in [2.24, 2.45) is 0 Å². The summed E-state index contributed by atoms with van der Waals surface area (Å²) < 4.78 is 8.24. The van der Waals surface area contributed by atoms with E-state index in [1.165, 1.54) is 16.6 Å². The summed E-state index contributed by atoms with van der Waals surface area (Å²) in [6.45, 7) is 7.54. The van der Waals surface area contributed by atoms with E-state index in [1.807, 2.05) is 19.3 Å². The predicted molar refractivity (Wildman–Crippen MR) is 136 cm³/mol. The summed E-state index contributed by atoms with van der Waals surface area (Å²) in [5, 5.41) is 1.24. The molecule has 0 bridgehead atoms. The molecule has 0 radical (unpaired) electrons. The number of aromatic nitrogens is 3. The maximum atomic E-state index is 6.10. The van der Waals surface area contributed by atoms with Gasteiger partial charge in [0, 0.05) is 67.4 Å². The minimum absolute atomic E-state index is 0. The molecule has 2 aliphatic rings. The fourth-order valence-corrected chi connectivity index (χ4v) is 4.75. The third-order valence-corrected chi connectivity index (χ3v) is 6.35. The number of aryl methyl sites for hydroxylation is 1. The molecule has 4 heterocycles. The molecule has 8 heteroatoms. The zero-order chi connectivity index (χ0) is 20.8. The van der Waals surface area contributed by atoms with Crippen molar-refractivity contribution >= 4 is 41.4 Å². The van der Waals surface area contributed by atoms with Gasteiger partial charge >= 0.3 is 0 Å². The highest BCUT2D eigenvalue weighted by molar-refractivity contribution is 5.92. The van der Waals surface area contributed by atoms with Gasteiger partial charge in [0.25, 0.3) is 0 Å². The van der Waals surface area contributed by atoms with Crippen molar-refractivity contribution in [2.45, 2.75) is 20.1 Å². The number of fused-ring (bicyclic) bond motifs is 4. The number of rotatable bonds is 3. The van der Waals surface area contributed by atoms with Crippen LogP contribution < -0.4 is 9.64 Å². The Kier molecular flexibility index (Phi) is 6.79. The van der Waals surface area contributed by atoms with Gasteiger partial charge in [-0.1, -0.05) is 18.2 Å². The van der Waals surface area contributed by atoms with Crippen molar-refractivity contribution in [1.29, 1.82) is 0 Å². The second-order valence-corrected chi connectivity index (χ2v) is 8.33. The van der Waals surface area contributed by atoms with Gasteiger partial charge in [-0.25, -0.2) is 4.98 Å². The van der Waals surface area contributed by atoms with Gasteiger partial charge in [-0.3, -0.25) is 14.5 Å². The summed E-state index contributed by atoms with van der Waals surface area (Å²) >= 11 is 0. The lowest BCUT2D eigenvalue weighted by Crippen LogP contribution is -2.46. The quantitative estimate of drug-likeness (QED) is 0.419. The largest absolute Gasteiger partial charge is 0.483 e. The van der Waals surface area contributed by atoms with E-state index in [1.54, 1.807) is 0 Å². The van der Waals surface area contributed by atoms with Crippen molar-refractivity contribution in [1.82, 2.24) is 19.4 Å². The Morgan fingerprint density at radius 1 is 0.909 bits per heavy atom. The van der Waals surface area contributed by atoms with E-state index < -0.39 is 0 Å². The first kappa shape index (κ1) is 23.4. The normalized spacial score (nSPS) is 15.1. The Morgan fingerprint density at radius 2 is 1.70 bits per heavy atom. The van der Waals surface area contributed by atoms with Gasteiger partial charge in [-0.15, -0.1) is 24.8 Å². The fourth-order valence-electron chi connectivity index (χ4n) is 4.75. The number of benzene rings is 2. The molecule has 1 saturated heterocycles. The third-order valence-electron chi connectivity index (χ3n) is 6.35. The highest BCUT2D eigenvalue weighted by Crippen LogP contribution is 2.34. The maximum Gasteiger partial charge on any atom is 0.151 e. The van der Waals surface area contributed by atoms with Crippen LogP contribution in [0.2, 0.25) is 0 Å². The van der Waals surface area contributed by atoms with Crippen LogP contribution in [0.25, 0.3) is 16.6 Å². The number of anilines is 1. The van der Waals surface area contributed by atoms with Crippen molar-refractivity contribution in [2.75, 3.05) is 31.1 Å². The highest BCUT2D eigenvalue weighted by Gasteiger charge is 2.23. The Balaban J connectivity index is 0.00000130. The Labute approximate surface area is 206 Å². The van der Waals surface area contributed by atoms with E-state index in [0.717, 1.165) is 61.2 Å². The number of nitrogens with zero attached hydrogens (tertiary/aromatic N) is 5. The first-order valence-electron chi connectivity index (χ1n) is 10.9. The topological polar surface area (TPSA) is 46.4 Å². The van der Waals surface area contributed by atoms with Crippen molar-refractivity contribution < 1.29 is 4.74 Å². The van der Waals surface area contributed by atoms with E-state index in [0.29, 0.717) is 6.61 Å². The number of pyridine rings is 1. The van der Waals surface area contributed by atoms with Crippen LogP contribution >= 0.6 is 24.8 Å². The highest BCUT2D eigenvalue weighted by atomic mass is 35.5. The summed E-state index contributed by atoms with van der Waals surface area (Å²) in [5.74, 6) is 1.95. The van der Waals surface area contributed by atoms with Gasteiger partial charge in [0.2, 0.25) is 0 Å². The molecule has 33 heavy (non-hydrogen) atoms. The minimum atomic E-state index is 0. The van der Waals surface area contributed by atoms with Gasteiger partial charge in [0.05, 0.1) is 11.2 Å². The first-order chi connectivity index (χ1) is 15.3. The number of hydrogen-bond acceptors (Lipinski definition) is 5. The van der Waals surface area contributed by atoms with Crippen molar-refractivity contribution in [3.8, 4) is 11.4 Å². The van der Waals surface area contributed by atoms with Crippen molar-refractivity contribution in [3.05, 3.63) is 78.0 Å². The molecule has 172 valence electrons. The third kappa shape index (κ3) is 4.26. The molecule has 0 N–H and O–H groups in total. The summed E-state index contributed by atoms with van der Waals surface area (Å²) in [6, 6.07) is 17.2. The molecule has 0 unspecified atom stereocenters. The average molecular weight is 484 g/mol. The second kappa shape index (κ2) is 9.59. The molecule has 2 aliphatic heterocycles. The molecule has 4 aromatic rings. The monoisotopic (exact) mass is 483 g/mol. The SMILES string of the molecule is Cc1ccc2c(N3CCN(Cc4cccc5c4OCc4nccn4-5)CC3)cccc2n1.Cl.Cl. The Hall–Kier alpha value is -2.80. The molecule has 2 aromatic carbocycles. The molecule has 0 aliphatic carbocycles. The van der Waals surface area contributed by atoms with Crippen LogP contribution in [0.1, 0.15) is 17.1 Å². The lowest BCUT2D eigenvalue weighted by atomic mass is 10.1. The smallest absolute Gasteiger partial charge is 0.151 e. The minimum Gasteiger partial charge on any atom is -0.483 e. The van der Waals surface area contributed by atoms with Crippen LogP contribution in [-0.4, -0.2) is 45.6 Å². The Bertz CT molecular complexity index is 1270. The van der Waals surface area contributed by atoms with E-state index in [4.69, 9.17) is 9.72 Å². The summed E-state index contributed by atoms with van der Waals surface area (Å²) in [5.41, 5.74) is 5.76. The number of hydrogen-bond donors (Lipinski definition) is 0. The average Bonchev–Trinajstić information content (AvgIpc) is 3.29. The summed E-state index contributed by atoms with van der Waals surface area (Å²) in [7, 11) is 0. The van der Waals surface area contributed by atoms with E-state index in [-0.39, 0.29) is 24.8 Å². The van der Waals surface area contributed by atoms with Gasteiger partial charge in [0.1, 0.15) is 12.4 Å². The fraction of sp³-hybridized carbons (Fsp3) is 0.280. The Morgan fingerprint density at radius 3 is 2.55 bits per heavy atom. The molecule has 0 saturated carbocycles. The van der Waals surface area contributed by atoms with Crippen LogP contribution in [0, 0.1) is 6.92 Å². The first-order valence-corrected chi connectivity index (χ1v) is 10.9. The lowest BCUT2D eigenvalue weighted by Gasteiger charge is -2.37. The van der Waals surface area contributed by atoms with Crippen LogP contribution in [0.15, 0.2) is 60.9 Å². The van der Waals surface area contributed by atoms with Crippen LogP contribution in [0.4, 0.5) is 5.69 Å². The van der Waals surface area contributed by atoms with E-state index in [9.17, 15) is 0 Å². The number of imidazole rings is 1. The van der Waals surface area contributed by atoms with Crippen molar-refractivity contribution in [3.63, 3.8) is 0 Å². The number of piperazine rings is 1. The number of para-hydroxylation sites is 1. The molecular weight excluding hydrogens is 457 g/mol. The second-order valence-electron chi connectivity index (χ2n) is 8.33. The van der Waals surface area contributed by atoms with Gasteiger partial charge in [-0.2, -0.15) is 0 Å². The summed E-state index contributed by atoms with van der Waals surface area (Å²) in [6.07, 6.45) is 3.85. The zero-order valence-corrected chi connectivity index (χ0v) is 20.1. The molecule has 0 atom stereocenters. The van der Waals surface area contributed by atoms with Crippen LogP contribution in [0.5, 0.6) is 5.75 Å². The number of ether oxygens (including phenoxy) is 1. The van der Waals surface area contributed by atoms with E-state index >= 15 is 0 Å². The standard InChI is InChI=1S/C25H25N5O.2ClH/c1-18-8-9-20-21(27-18)5-3-6-22(20)29-14-12-28(13-15-29)16-19-4-2-7-23-25(19)31-17-24-26-10-11-30(23)24;;/h2-11H,12-17H2,1H3;2*1H. The lowest BCUT2D eigenvalue weighted by molar-refractivity contribution is 0.235. The maximum absolute atomic E-state index is 6.10. The molecule has 6 rings (SSSR count). The molecule has 6 nitrogen and oxygen atoms in total. The molecular formula is C25H27Cl2N5O.